The summed E-state index contributed by atoms with van der Waals surface area (Å²) in [5, 5.41) is 0. The first-order chi connectivity index (χ1) is 41.0. The van der Waals surface area contributed by atoms with Crippen molar-refractivity contribution < 1.29 is 0 Å². The molecule has 11 aromatic carbocycles. The molecule has 11 aromatic rings. The van der Waals surface area contributed by atoms with Gasteiger partial charge in [0.2, 0.25) is 0 Å². The number of nitrogens with zero attached hydrogens (tertiary/aromatic N) is 4. The normalized spacial score (nSPS) is 14.6. The van der Waals surface area contributed by atoms with Gasteiger partial charge in [0.1, 0.15) is 0 Å². The SMILES string of the molecule is CC1=CCC(N2c3ccc(cc3)Cc3ccc(cc3)N(c3ccc(C)cc3)c3cc(N(c4ccc(C)cc4)c4ccc(C)cc4)cc(c3)C3(c4cc(N(c5ccc(C)cc5)c5ccc(C)cc5)cc2c4)c2ccccc2-c2ccccc23)C=C1. The third-order valence-corrected chi connectivity index (χ3v) is 17.5. The topological polar surface area (TPSA) is 13.0 Å². The molecule has 0 amide bonds. The van der Waals surface area contributed by atoms with Gasteiger partial charge in [-0.05, 0) is 220 Å². The number of rotatable bonds is 8. The first-order valence-corrected chi connectivity index (χ1v) is 29.6. The second kappa shape index (κ2) is 21.5. The molecule has 3 aliphatic heterocycles. The van der Waals surface area contributed by atoms with Crippen LogP contribution in [0.3, 0.4) is 0 Å². The van der Waals surface area contributed by atoms with Gasteiger partial charge in [-0.1, -0.05) is 185 Å². The Morgan fingerprint density at radius 1 is 0.357 bits per heavy atom. The molecule has 0 aromatic heterocycles. The van der Waals surface area contributed by atoms with Gasteiger partial charge in [-0.2, -0.15) is 0 Å². The second-order valence-corrected chi connectivity index (χ2v) is 23.5. The number of hydrogen-bond donors (Lipinski definition) is 0. The average Bonchev–Trinajstić information content (AvgIpc) is 1.59. The molecule has 16 rings (SSSR count). The lowest BCUT2D eigenvalue weighted by molar-refractivity contribution is 0.757. The Morgan fingerprint density at radius 2 is 0.738 bits per heavy atom. The van der Waals surface area contributed by atoms with Crippen LogP contribution >= 0.6 is 0 Å². The molecule has 1 spiro atoms. The van der Waals surface area contributed by atoms with Crippen LogP contribution in [-0.2, 0) is 11.8 Å². The molecule has 0 saturated carbocycles. The highest BCUT2D eigenvalue weighted by molar-refractivity contribution is 5.92. The zero-order chi connectivity index (χ0) is 57.1. The van der Waals surface area contributed by atoms with Crippen LogP contribution in [0.1, 0.15) is 74.5 Å². The van der Waals surface area contributed by atoms with E-state index in [4.69, 9.17) is 0 Å². The summed E-state index contributed by atoms with van der Waals surface area (Å²) in [6.07, 6.45) is 8.78. The van der Waals surface area contributed by atoms with Crippen molar-refractivity contribution in [3.63, 3.8) is 0 Å². The quantitative estimate of drug-likeness (QED) is 0.150. The summed E-state index contributed by atoms with van der Waals surface area (Å²) in [6, 6.07) is 97.2. The lowest BCUT2D eigenvalue weighted by atomic mass is 9.67. The summed E-state index contributed by atoms with van der Waals surface area (Å²) in [5.41, 5.74) is 28.1. The van der Waals surface area contributed by atoms with Crippen molar-refractivity contribution in [3.8, 4) is 11.1 Å². The molecule has 1 unspecified atom stereocenters. The summed E-state index contributed by atoms with van der Waals surface area (Å²) in [7, 11) is 0. The second-order valence-electron chi connectivity index (χ2n) is 23.5. The van der Waals surface area contributed by atoms with E-state index in [-0.39, 0.29) is 6.04 Å². The van der Waals surface area contributed by atoms with Crippen LogP contribution in [0.5, 0.6) is 0 Å². The molecule has 5 aliphatic rings. The van der Waals surface area contributed by atoms with Gasteiger partial charge in [-0.15, -0.1) is 0 Å². The predicted octanol–water partition coefficient (Wildman–Crippen LogP) is 21.3. The Morgan fingerprint density at radius 3 is 1.17 bits per heavy atom. The van der Waals surface area contributed by atoms with E-state index in [1.807, 2.05) is 0 Å². The van der Waals surface area contributed by atoms with E-state index in [9.17, 15) is 0 Å². The van der Waals surface area contributed by atoms with Crippen LogP contribution in [-0.4, -0.2) is 6.04 Å². The van der Waals surface area contributed by atoms with Crippen LogP contribution in [0.25, 0.3) is 11.1 Å². The van der Waals surface area contributed by atoms with Gasteiger partial charge in [0, 0.05) is 62.6 Å². The van der Waals surface area contributed by atoms with Crippen molar-refractivity contribution in [1.29, 1.82) is 0 Å². The highest BCUT2D eigenvalue weighted by Gasteiger charge is 2.47. The maximum atomic E-state index is 2.61. The number of aryl methyl sites for hydroxylation is 5. The zero-order valence-electron chi connectivity index (χ0n) is 48.8. The van der Waals surface area contributed by atoms with E-state index < -0.39 is 5.41 Å². The lowest BCUT2D eigenvalue weighted by Gasteiger charge is -2.39. The summed E-state index contributed by atoms with van der Waals surface area (Å²) in [4.78, 5) is 10.0. The average molecular weight is 1090 g/mol. The molecule has 2 aliphatic carbocycles. The van der Waals surface area contributed by atoms with E-state index in [0.717, 1.165) is 86.5 Å². The fourth-order valence-electron chi connectivity index (χ4n) is 13.2. The van der Waals surface area contributed by atoms with Crippen LogP contribution in [0, 0.1) is 34.6 Å². The molecular formula is C80H68N4. The summed E-state index contributed by atoms with van der Waals surface area (Å²) in [6.45, 7) is 13.1. The molecular weight excluding hydrogens is 1020 g/mol. The Labute approximate surface area is 496 Å². The third kappa shape index (κ3) is 9.48. The van der Waals surface area contributed by atoms with Gasteiger partial charge in [-0.3, -0.25) is 0 Å². The third-order valence-electron chi connectivity index (χ3n) is 17.5. The summed E-state index contributed by atoms with van der Waals surface area (Å²) in [5.74, 6) is 0. The number of hydrogen-bond acceptors (Lipinski definition) is 4. The molecule has 84 heavy (non-hydrogen) atoms. The first kappa shape index (κ1) is 52.2. The van der Waals surface area contributed by atoms with Gasteiger partial charge in [-0.25, -0.2) is 0 Å². The van der Waals surface area contributed by atoms with E-state index in [2.05, 4.69) is 334 Å². The molecule has 4 nitrogen and oxygen atoms in total. The van der Waals surface area contributed by atoms with Crippen molar-refractivity contribution in [2.24, 2.45) is 0 Å². The Balaban J connectivity index is 1.17. The van der Waals surface area contributed by atoms with Crippen LogP contribution in [0.2, 0.25) is 0 Å². The standard InChI is InChI=1S/C80H68N4/c1-54-15-31-64(32-16-54)81(65-33-17-55(2)18-34-65)72-48-62-50-74(52-72)83(68-39-23-58(5)24-40-68)70-43-27-60(28-44-70)47-61-29-45-71(46-30-61)84(69-41-25-59(6)26-42-69)75-51-63(80(62)78-13-9-7-11-76(78)77-12-8-10-14-79(77)80)49-73(53-75)82(66-35-19-56(3)20-36-66)67-37-21-57(4)22-38-67/h7-41,43-46,48-53,69H,42,47H2,1-6H3. The van der Waals surface area contributed by atoms with E-state index in [1.165, 1.54) is 66.8 Å². The molecule has 0 radical (unpaired) electrons. The summed E-state index contributed by atoms with van der Waals surface area (Å²) >= 11 is 0. The predicted molar refractivity (Wildman–Crippen MR) is 354 cm³/mol. The number of fused-ring (bicyclic) bond motifs is 5. The Bertz CT molecular complexity index is 4150. The maximum Gasteiger partial charge on any atom is 0.0716 e. The smallest absolute Gasteiger partial charge is 0.0716 e. The molecule has 1 atom stereocenters. The van der Waals surface area contributed by atoms with Gasteiger partial charge in [0.25, 0.3) is 0 Å². The number of allylic oxidation sites excluding steroid dienone is 2. The van der Waals surface area contributed by atoms with Crippen molar-refractivity contribution in [3.05, 3.63) is 340 Å². The largest absolute Gasteiger partial charge is 0.334 e. The fourth-order valence-corrected chi connectivity index (χ4v) is 13.2. The number of anilines is 11. The van der Waals surface area contributed by atoms with Crippen molar-refractivity contribution in [1.82, 2.24) is 0 Å². The molecule has 4 heteroatoms. The molecule has 8 bridgehead atoms. The van der Waals surface area contributed by atoms with Gasteiger partial charge in [0.15, 0.2) is 0 Å². The van der Waals surface area contributed by atoms with E-state index in [1.54, 1.807) is 0 Å². The molecule has 0 fully saturated rings. The molecule has 3 heterocycles. The molecule has 0 saturated heterocycles. The van der Waals surface area contributed by atoms with Crippen LogP contribution in [0.4, 0.5) is 62.6 Å². The first-order valence-electron chi connectivity index (χ1n) is 29.6. The summed E-state index contributed by atoms with van der Waals surface area (Å²) < 4.78 is 0. The number of benzene rings is 11. The molecule has 408 valence electrons. The Hall–Kier alpha value is -9.90. The Kier molecular flexibility index (Phi) is 13.3. The minimum atomic E-state index is -0.885. The minimum Gasteiger partial charge on any atom is -0.334 e. The maximum absolute atomic E-state index is 2.61. The highest BCUT2D eigenvalue weighted by atomic mass is 15.2. The van der Waals surface area contributed by atoms with Gasteiger partial charge >= 0.3 is 0 Å². The monoisotopic (exact) mass is 1080 g/mol. The lowest BCUT2D eigenvalue weighted by Crippen LogP contribution is -2.32. The zero-order valence-corrected chi connectivity index (χ0v) is 48.8. The van der Waals surface area contributed by atoms with E-state index >= 15 is 0 Å². The van der Waals surface area contributed by atoms with Crippen LogP contribution in [0.15, 0.2) is 279 Å². The van der Waals surface area contributed by atoms with Crippen LogP contribution < -0.4 is 19.6 Å². The highest BCUT2D eigenvalue weighted by Crippen LogP contribution is 2.59. The van der Waals surface area contributed by atoms with Gasteiger partial charge in [0.05, 0.1) is 11.5 Å². The van der Waals surface area contributed by atoms with Gasteiger partial charge < -0.3 is 19.6 Å². The fraction of sp³-hybridized carbons (Fsp3) is 0.125. The molecule has 0 N–H and O–H groups in total. The van der Waals surface area contributed by atoms with Crippen molar-refractivity contribution >= 4 is 62.6 Å². The van der Waals surface area contributed by atoms with Crippen molar-refractivity contribution in [2.45, 2.75) is 65.8 Å². The van der Waals surface area contributed by atoms with Crippen molar-refractivity contribution in [2.75, 3.05) is 19.6 Å². The minimum absolute atomic E-state index is 0.0302. The van der Waals surface area contributed by atoms with E-state index in [0.29, 0.717) is 0 Å².